The second-order valence-corrected chi connectivity index (χ2v) is 8.52. The molecule has 28 heavy (non-hydrogen) atoms. The molecule has 140 valence electrons. The molecule has 2 aromatic carbocycles. The van der Waals surface area contributed by atoms with Crippen molar-refractivity contribution in [3.63, 3.8) is 0 Å². The molecule has 0 atom stereocenters. The van der Waals surface area contributed by atoms with Gasteiger partial charge in [0.1, 0.15) is 5.75 Å². The molecule has 0 bridgehead atoms. The largest absolute Gasteiger partial charge is 0.497 e. The zero-order chi connectivity index (χ0) is 19.1. The molecule has 0 radical (unpaired) electrons. The fourth-order valence-corrected chi connectivity index (χ4v) is 5.67. The second-order valence-electron chi connectivity index (χ2n) is 6.70. The minimum Gasteiger partial charge on any atom is -0.497 e. The third kappa shape index (κ3) is 2.93. The van der Waals surface area contributed by atoms with Gasteiger partial charge in [-0.1, -0.05) is 36.0 Å². The van der Waals surface area contributed by atoms with E-state index in [4.69, 9.17) is 9.73 Å². The zero-order valence-corrected chi connectivity index (χ0v) is 17.0. The number of aryl methyl sites for hydroxylation is 1. The summed E-state index contributed by atoms with van der Waals surface area (Å²) in [5.41, 5.74) is 5.84. The third-order valence-electron chi connectivity index (χ3n) is 5.09. The summed E-state index contributed by atoms with van der Waals surface area (Å²) < 4.78 is 5.22. The molecule has 1 fully saturated rings. The van der Waals surface area contributed by atoms with E-state index in [1.807, 2.05) is 24.3 Å². The van der Waals surface area contributed by atoms with Gasteiger partial charge in [-0.25, -0.2) is 4.99 Å². The summed E-state index contributed by atoms with van der Waals surface area (Å²) >= 11 is 3.24. The molecule has 0 spiro atoms. The van der Waals surface area contributed by atoms with Crippen LogP contribution in [0.1, 0.15) is 11.1 Å². The van der Waals surface area contributed by atoms with Gasteiger partial charge in [-0.05, 0) is 53.8 Å². The molecule has 4 nitrogen and oxygen atoms in total. The van der Waals surface area contributed by atoms with E-state index < -0.39 is 0 Å². The molecule has 1 aromatic heterocycles. The molecule has 1 amide bonds. The van der Waals surface area contributed by atoms with Crippen LogP contribution < -0.4 is 9.64 Å². The number of anilines is 1. The molecule has 6 heteroatoms. The average Bonchev–Trinajstić information content (AvgIpc) is 3.32. The van der Waals surface area contributed by atoms with Crippen molar-refractivity contribution >= 4 is 45.5 Å². The van der Waals surface area contributed by atoms with Gasteiger partial charge >= 0.3 is 0 Å². The number of carbonyl (C=O) groups is 1. The molecule has 1 aliphatic carbocycles. The number of hydrogen-bond acceptors (Lipinski definition) is 5. The number of nitrogens with zero attached hydrogens (tertiary/aromatic N) is 2. The number of hydrogen-bond donors (Lipinski definition) is 0. The lowest BCUT2D eigenvalue weighted by molar-refractivity contribution is -0.115. The lowest BCUT2D eigenvalue weighted by Crippen LogP contribution is -2.29. The van der Waals surface area contributed by atoms with Gasteiger partial charge in [-0.3, -0.25) is 9.69 Å². The van der Waals surface area contributed by atoms with Gasteiger partial charge in [0.25, 0.3) is 0 Å². The van der Waals surface area contributed by atoms with Crippen molar-refractivity contribution < 1.29 is 9.53 Å². The predicted molar refractivity (Wildman–Crippen MR) is 117 cm³/mol. The van der Waals surface area contributed by atoms with E-state index >= 15 is 0 Å². The highest BCUT2D eigenvalue weighted by atomic mass is 32.2. The number of benzene rings is 2. The smallest absolute Gasteiger partial charge is 0.243 e. The number of fused-ring (bicyclic) bond motifs is 3. The second kappa shape index (κ2) is 7.11. The van der Waals surface area contributed by atoms with Crippen LogP contribution >= 0.6 is 23.1 Å². The highest BCUT2D eigenvalue weighted by Crippen LogP contribution is 2.44. The Labute approximate surface area is 171 Å². The molecule has 2 aliphatic rings. The van der Waals surface area contributed by atoms with Crippen LogP contribution in [-0.2, 0) is 17.6 Å². The highest BCUT2D eigenvalue weighted by Gasteiger charge is 2.30. The maximum Gasteiger partial charge on any atom is 0.243 e. The van der Waals surface area contributed by atoms with Gasteiger partial charge in [0.05, 0.1) is 24.2 Å². The van der Waals surface area contributed by atoms with Crippen LogP contribution in [0.5, 0.6) is 5.75 Å². The minimum atomic E-state index is 0.0587. The van der Waals surface area contributed by atoms with Crippen molar-refractivity contribution in [2.75, 3.05) is 17.8 Å². The Bertz CT molecular complexity index is 1090. The fraction of sp³-hybridized carbons (Fsp3) is 0.182. The van der Waals surface area contributed by atoms with Crippen molar-refractivity contribution in [2.24, 2.45) is 4.99 Å². The molecular weight excluding hydrogens is 388 g/mol. The molecule has 1 aliphatic heterocycles. The first-order valence-electron chi connectivity index (χ1n) is 9.12. The van der Waals surface area contributed by atoms with Crippen LogP contribution in [0.3, 0.4) is 0 Å². The quantitative estimate of drug-likeness (QED) is 0.593. The number of thioether (sulfide) groups is 1. The Balaban J connectivity index is 1.52. The summed E-state index contributed by atoms with van der Waals surface area (Å²) in [5.74, 6) is 1.25. The van der Waals surface area contributed by atoms with Gasteiger partial charge in [0, 0.05) is 10.3 Å². The third-order valence-corrected chi connectivity index (χ3v) is 7.06. The van der Waals surface area contributed by atoms with E-state index in [0.29, 0.717) is 5.75 Å². The number of amidine groups is 1. The van der Waals surface area contributed by atoms with Crippen LogP contribution in [0, 0.1) is 0 Å². The Morgan fingerprint density at radius 1 is 1.07 bits per heavy atom. The molecule has 5 rings (SSSR count). The zero-order valence-electron chi connectivity index (χ0n) is 15.3. The van der Waals surface area contributed by atoms with Gasteiger partial charge < -0.3 is 4.74 Å². The molecule has 2 heterocycles. The van der Waals surface area contributed by atoms with Crippen LogP contribution in [0.2, 0.25) is 0 Å². The first-order chi connectivity index (χ1) is 13.7. The summed E-state index contributed by atoms with van der Waals surface area (Å²) in [7, 11) is 1.64. The molecular formula is C22H18N2O2S2. The van der Waals surface area contributed by atoms with E-state index in [1.165, 1.54) is 33.3 Å². The van der Waals surface area contributed by atoms with Gasteiger partial charge in [-0.15, -0.1) is 11.3 Å². The monoisotopic (exact) mass is 406 g/mol. The minimum absolute atomic E-state index is 0.0587. The highest BCUT2D eigenvalue weighted by molar-refractivity contribution is 8.15. The maximum atomic E-state index is 12.5. The van der Waals surface area contributed by atoms with Crippen LogP contribution in [0.4, 0.5) is 11.4 Å². The summed E-state index contributed by atoms with van der Waals surface area (Å²) in [6, 6.07) is 16.1. The van der Waals surface area contributed by atoms with Crippen LogP contribution in [-0.4, -0.2) is 23.9 Å². The average molecular weight is 407 g/mol. The van der Waals surface area contributed by atoms with Crippen molar-refractivity contribution in [3.8, 4) is 16.2 Å². The number of carbonyl (C=O) groups excluding carboxylic acids is 1. The molecule has 0 unspecified atom stereocenters. The summed E-state index contributed by atoms with van der Waals surface area (Å²) in [5, 5.41) is 2.87. The molecule has 0 saturated carbocycles. The van der Waals surface area contributed by atoms with E-state index in [9.17, 15) is 4.79 Å². The van der Waals surface area contributed by atoms with Crippen molar-refractivity contribution in [2.45, 2.75) is 12.8 Å². The fourth-order valence-electron chi connectivity index (χ4n) is 3.69. The number of amides is 1. The summed E-state index contributed by atoms with van der Waals surface area (Å²) in [6.07, 6.45) is 2.02. The number of aliphatic imine (C=N–C) groups is 1. The topological polar surface area (TPSA) is 41.9 Å². The summed E-state index contributed by atoms with van der Waals surface area (Å²) in [6.45, 7) is 0. The number of methoxy groups -OCH3 is 1. The predicted octanol–water partition coefficient (Wildman–Crippen LogP) is 5.29. The van der Waals surface area contributed by atoms with Crippen molar-refractivity contribution in [3.05, 3.63) is 65.0 Å². The number of ether oxygens (including phenoxy) is 1. The Kier molecular flexibility index (Phi) is 4.45. The maximum absolute atomic E-state index is 12.5. The van der Waals surface area contributed by atoms with Gasteiger partial charge in [-0.2, -0.15) is 0 Å². The number of rotatable bonds is 3. The molecule has 3 aromatic rings. The van der Waals surface area contributed by atoms with Gasteiger partial charge in [0.15, 0.2) is 5.17 Å². The Morgan fingerprint density at radius 2 is 1.89 bits per heavy atom. The first kappa shape index (κ1) is 17.5. The normalized spacial score (nSPS) is 17.0. The lowest BCUT2D eigenvalue weighted by atomic mass is 9.91. The van der Waals surface area contributed by atoms with Crippen molar-refractivity contribution in [1.82, 2.24) is 0 Å². The van der Waals surface area contributed by atoms with E-state index in [1.54, 1.807) is 23.3 Å². The number of thiophene rings is 1. The van der Waals surface area contributed by atoms with Crippen molar-refractivity contribution in [1.29, 1.82) is 0 Å². The van der Waals surface area contributed by atoms with E-state index in [0.717, 1.165) is 35.1 Å². The van der Waals surface area contributed by atoms with E-state index in [2.05, 4.69) is 29.6 Å². The SMILES string of the molecule is COc1ccc(N2C(=O)CSC2=Nc2csc3c2CCc2ccccc2-3)cc1. The standard InChI is InChI=1S/C22H18N2O2S2/c1-26-16-9-7-15(8-10-16)24-20(25)13-28-22(24)23-19-12-27-21-17-5-3-2-4-14(17)6-11-18(19)21/h2-5,7-10,12H,6,11,13H2,1H3. The lowest BCUT2D eigenvalue weighted by Gasteiger charge is -2.18. The molecule has 1 saturated heterocycles. The van der Waals surface area contributed by atoms with Gasteiger partial charge in [0.2, 0.25) is 5.91 Å². The Morgan fingerprint density at radius 3 is 2.71 bits per heavy atom. The Hall–Kier alpha value is -2.57. The first-order valence-corrected chi connectivity index (χ1v) is 11.0. The van der Waals surface area contributed by atoms with E-state index in [-0.39, 0.29) is 5.91 Å². The molecule has 0 N–H and O–H groups in total. The van der Waals surface area contributed by atoms with Crippen LogP contribution in [0.25, 0.3) is 10.4 Å². The van der Waals surface area contributed by atoms with Crippen LogP contribution in [0.15, 0.2) is 58.9 Å². The summed E-state index contributed by atoms with van der Waals surface area (Å²) in [4.78, 5) is 20.5.